The van der Waals surface area contributed by atoms with E-state index in [4.69, 9.17) is 12.2 Å². The number of benzene rings is 3. The van der Waals surface area contributed by atoms with Gasteiger partial charge in [-0.1, -0.05) is 12.1 Å². The number of aromatic amines is 1. The number of thiocarbonyl (C=S) groups is 1. The summed E-state index contributed by atoms with van der Waals surface area (Å²) in [5.41, 5.74) is 4.09. The molecule has 36 heavy (non-hydrogen) atoms. The van der Waals surface area contributed by atoms with Crippen molar-refractivity contribution in [1.29, 1.82) is 0 Å². The number of nitrogens with one attached hydrogen (secondary N) is 3. The number of amides is 1. The number of rotatable bonds is 5. The number of piperidine rings is 1. The van der Waals surface area contributed by atoms with Crippen molar-refractivity contribution in [3.05, 3.63) is 82.4 Å². The number of aromatic nitrogens is 2. The molecule has 4 aromatic rings. The molecular weight excluding hydrogens is 476 g/mol. The number of nitrogens with zero attached hydrogens (tertiary/aromatic N) is 3. The van der Waals surface area contributed by atoms with Gasteiger partial charge in [-0.25, -0.2) is 4.98 Å². The molecule has 1 fully saturated rings. The van der Waals surface area contributed by atoms with Gasteiger partial charge in [-0.15, -0.1) is 0 Å². The lowest BCUT2D eigenvalue weighted by atomic mass is 10.1. The predicted molar refractivity (Wildman–Crippen MR) is 144 cm³/mol. The second kappa shape index (κ2) is 10.1. The summed E-state index contributed by atoms with van der Waals surface area (Å²) in [6.07, 6.45) is 3.12. The quantitative estimate of drug-likeness (QED) is 0.195. The fraction of sp³-hybridized carbons (Fsp3) is 0.192. The molecule has 0 saturated carbocycles. The lowest BCUT2D eigenvalue weighted by Crippen LogP contribution is -2.34. The SMILES string of the molecule is O=C(NC(=S)Nc1ccc(-c2nc3ccccc3[nH]2)cc1)c1ccc(N2CCCCC2)c([N+](=O)[O-])c1. The van der Waals surface area contributed by atoms with Crippen LogP contribution >= 0.6 is 12.2 Å². The van der Waals surface area contributed by atoms with E-state index in [0.29, 0.717) is 11.4 Å². The fourth-order valence-corrected chi connectivity index (χ4v) is 4.56. The number of anilines is 2. The second-order valence-corrected chi connectivity index (χ2v) is 9.00. The number of hydrogen-bond donors (Lipinski definition) is 3. The van der Waals surface area contributed by atoms with Crippen molar-refractivity contribution in [3.63, 3.8) is 0 Å². The summed E-state index contributed by atoms with van der Waals surface area (Å²) in [5, 5.41) is 17.4. The van der Waals surface area contributed by atoms with E-state index in [1.807, 2.05) is 53.4 Å². The molecule has 0 aliphatic carbocycles. The number of para-hydroxylation sites is 2. The van der Waals surface area contributed by atoms with Gasteiger partial charge in [0.25, 0.3) is 11.6 Å². The van der Waals surface area contributed by atoms with Crippen molar-refractivity contribution in [1.82, 2.24) is 15.3 Å². The molecule has 9 nitrogen and oxygen atoms in total. The van der Waals surface area contributed by atoms with Crippen LogP contribution in [0, 0.1) is 10.1 Å². The Morgan fingerprint density at radius 1 is 1.03 bits per heavy atom. The molecule has 10 heteroatoms. The maximum absolute atomic E-state index is 12.7. The summed E-state index contributed by atoms with van der Waals surface area (Å²) in [4.78, 5) is 33.9. The third kappa shape index (κ3) is 5.03. The van der Waals surface area contributed by atoms with Gasteiger partial charge in [0.1, 0.15) is 11.5 Å². The molecule has 3 aromatic carbocycles. The molecule has 0 radical (unpaired) electrons. The molecule has 2 heterocycles. The number of carbonyl (C=O) groups excluding carboxylic acids is 1. The van der Waals surface area contributed by atoms with Gasteiger partial charge in [-0.2, -0.15) is 0 Å². The first kappa shape index (κ1) is 23.4. The largest absolute Gasteiger partial charge is 0.366 e. The first-order valence-electron chi connectivity index (χ1n) is 11.7. The van der Waals surface area contributed by atoms with E-state index in [-0.39, 0.29) is 16.4 Å². The Hall–Kier alpha value is -4.31. The monoisotopic (exact) mass is 500 g/mol. The van der Waals surface area contributed by atoms with Crippen molar-refractivity contribution >= 4 is 51.3 Å². The Bertz CT molecular complexity index is 1410. The van der Waals surface area contributed by atoms with Crippen molar-refractivity contribution in [2.45, 2.75) is 19.3 Å². The third-order valence-corrected chi connectivity index (χ3v) is 6.37. The molecule has 1 amide bonds. The lowest BCUT2D eigenvalue weighted by molar-refractivity contribution is -0.384. The number of nitro groups is 1. The Balaban J connectivity index is 1.24. The molecule has 1 aliphatic rings. The number of hydrogen-bond acceptors (Lipinski definition) is 6. The van der Waals surface area contributed by atoms with Crippen LogP contribution in [0.1, 0.15) is 29.6 Å². The van der Waals surface area contributed by atoms with E-state index < -0.39 is 10.8 Å². The molecular formula is C26H24N6O3S. The molecule has 0 unspecified atom stereocenters. The Kier molecular flexibility index (Phi) is 6.59. The summed E-state index contributed by atoms with van der Waals surface area (Å²) >= 11 is 5.29. The van der Waals surface area contributed by atoms with E-state index in [1.54, 1.807) is 12.1 Å². The number of carbonyl (C=O) groups is 1. The smallest absolute Gasteiger partial charge is 0.293 e. The highest BCUT2D eigenvalue weighted by molar-refractivity contribution is 7.80. The maximum Gasteiger partial charge on any atom is 0.293 e. The standard InChI is InChI=1S/C26H24N6O3S/c33-25(18-10-13-22(23(16-18)32(34)35)31-14-4-1-5-15-31)30-26(36)27-19-11-8-17(9-12-19)24-28-20-6-2-3-7-21(20)29-24/h2-3,6-13,16H,1,4-5,14-15H2,(H,28,29)(H2,27,30,33,36). The van der Waals surface area contributed by atoms with Gasteiger partial charge in [-0.3, -0.25) is 20.2 Å². The van der Waals surface area contributed by atoms with Gasteiger partial charge in [0.2, 0.25) is 0 Å². The van der Waals surface area contributed by atoms with Crippen LogP contribution in [0.2, 0.25) is 0 Å². The molecule has 0 atom stereocenters. The summed E-state index contributed by atoms with van der Waals surface area (Å²) in [7, 11) is 0. The van der Waals surface area contributed by atoms with Crippen LogP contribution in [0.25, 0.3) is 22.4 Å². The Labute approximate surface area is 212 Å². The van der Waals surface area contributed by atoms with Crippen molar-refractivity contribution in [2.24, 2.45) is 0 Å². The van der Waals surface area contributed by atoms with Crippen LogP contribution in [-0.2, 0) is 0 Å². The van der Waals surface area contributed by atoms with E-state index in [0.717, 1.165) is 54.8 Å². The van der Waals surface area contributed by atoms with Gasteiger partial charge in [0.15, 0.2) is 5.11 Å². The zero-order valence-electron chi connectivity index (χ0n) is 19.4. The average molecular weight is 501 g/mol. The van der Waals surface area contributed by atoms with Crippen LogP contribution in [0.3, 0.4) is 0 Å². The molecule has 3 N–H and O–H groups in total. The van der Waals surface area contributed by atoms with E-state index >= 15 is 0 Å². The van der Waals surface area contributed by atoms with Crippen LogP contribution in [0.5, 0.6) is 0 Å². The summed E-state index contributed by atoms with van der Waals surface area (Å²) in [6, 6.07) is 19.8. The van der Waals surface area contributed by atoms with Gasteiger partial charge >= 0.3 is 0 Å². The van der Waals surface area contributed by atoms with Gasteiger partial charge in [-0.05, 0) is 80.0 Å². The van der Waals surface area contributed by atoms with E-state index in [1.165, 1.54) is 6.07 Å². The number of fused-ring (bicyclic) bond motifs is 1. The Morgan fingerprint density at radius 3 is 2.50 bits per heavy atom. The predicted octanol–water partition coefficient (Wildman–Crippen LogP) is 5.26. The molecule has 1 saturated heterocycles. The van der Waals surface area contributed by atoms with E-state index in [2.05, 4.69) is 20.6 Å². The summed E-state index contributed by atoms with van der Waals surface area (Å²) in [5.74, 6) is 0.243. The van der Waals surface area contributed by atoms with Crippen molar-refractivity contribution < 1.29 is 9.72 Å². The fourth-order valence-electron chi connectivity index (χ4n) is 4.35. The van der Waals surface area contributed by atoms with E-state index in [9.17, 15) is 14.9 Å². The zero-order chi connectivity index (χ0) is 25.1. The normalized spacial score (nSPS) is 13.4. The highest BCUT2D eigenvalue weighted by Crippen LogP contribution is 2.31. The van der Waals surface area contributed by atoms with Crippen LogP contribution < -0.4 is 15.5 Å². The number of imidazole rings is 1. The maximum atomic E-state index is 12.7. The lowest BCUT2D eigenvalue weighted by Gasteiger charge is -2.28. The molecule has 0 spiro atoms. The summed E-state index contributed by atoms with van der Waals surface area (Å²) < 4.78 is 0. The highest BCUT2D eigenvalue weighted by atomic mass is 32.1. The average Bonchev–Trinajstić information content (AvgIpc) is 3.33. The molecule has 1 aliphatic heterocycles. The highest BCUT2D eigenvalue weighted by Gasteiger charge is 2.23. The van der Waals surface area contributed by atoms with Crippen molar-refractivity contribution in [2.75, 3.05) is 23.3 Å². The van der Waals surface area contributed by atoms with Gasteiger partial charge in [0, 0.05) is 36.0 Å². The molecule has 5 rings (SSSR count). The molecule has 0 bridgehead atoms. The van der Waals surface area contributed by atoms with Crippen LogP contribution in [0.4, 0.5) is 17.1 Å². The first-order valence-corrected chi connectivity index (χ1v) is 12.1. The van der Waals surface area contributed by atoms with Gasteiger partial charge < -0.3 is 15.2 Å². The van der Waals surface area contributed by atoms with Crippen molar-refractivity contribution in [3.8, 4) is 11.4 Å². The first-order chi connectivity index (χ1) is 17.5. The summed E-state index contributed by atoms with van der Waals surface area (Å²) in [6.45, 7) is 1.55. The number of H-pyrrole nitrogens is 1. The zero-order valence-corrected chi connectivity index (χ0v) is 20.2. The van der Waals surface area contributed by atoms with Crippen LogP contribution in [0.15, 0.2) is 66.7 Å². The molecule has 182 valence electrons. The van der Waals surface area contributed by atoms with Gasteiger partial charge in [0.05, 0.1) is 16.0 Å². The third-order valence-electron chi connectivity index (χ3n) is 6.16. The Morgan fingerprint density at radius 2 is 1.78 bits per heavy atom. The minimum absolute atomic E-state index is 0.0791. The topological polar surface area (TPSA) is 116 Å². The van der Waals surface area contributed by atoms with Crippen LogP contribution in [-0.4, -0.2) is 39.0 Å². The minimum atomic E-state index is -0.514. The number of nitro benzene ring substituents is 1. The molecule has 1 aromatic heterocycles. The minimum Gasteiger partial charge on any atom is -0.366 e. The second-order valence-electron chi connectivity index (χ2n) is 8.60.